The van der Waals surface area contributed by atoms with Crippen molar-refractivity contribution in [1.29, 1.82) is 0 Å². The standard InChI is InChI=1S/C49H75N9O10S/c1-14-30(4)43(54-48(67)49(7,8)56(11)12)47(66)57(13)37(29(2)3)27-39(68-32(6)59)46-53-36(28-69-46)45(65)51-34(24-31(5)44(64)50-21-23-55(9)10)25-33-17-18-38(60)35(26-33)52-40(61)16-15-22-58-41(62)19-20-42(58)63/h17-20,26,28-31,34,37,39,43,60H,14-16,21-25,27H2,1-13H3,(H,50,64)(H,51,65)(H,52,61)(H,54,67)/t30-,31?,34+,37+,39+,43-/m0/s1. The number of amides is 7. The van der Waals surface area contributed by atoms with E-state index < -0.39 is 65.3 Å². The normalized spacial score (nSPS) is 15.4. The number of benzene rings is 1. The zero-order valence-corrected chi connectivity index (χ0v) is 43.5. The van der Waals surface area contributed by atoms with E-state index in [-0.39, 0.29) is 85.3 Å². The molecule has 1 aromatic carbocycles. The van der Waals surface area contributed by atoms with Gasteiger partial charge in [-0.1, -0.05) is 47.1 Å². The van der Waals surface area contributed by atoms with Gasteiger partial charge in [0.25, 0.3) is 17.7 Å². The van der Waals surface area contributed by atoms with Gasteiger partial charge in [-0.3, -0.25) is 48.2 Å². The van der Waals surface area contributed by atoms with Gasteiger partial charge in [0.2, 0.25) is 23.6 Å². The van der Waals surface area contributed by atoms with Crippen LogP contribution in [0.3, 0.4) is 0 Å². The molecule has 1 unspecified atom stereocenters. The van der Waals surface area contributed by atoms with Gasteiger partial charge in [-0.15, -0.1) is 11.3 Å². The van der Waals surface area contributed by atoms with Gasteiger partial charge in [-0.2, -0.15) is 0 Å². The number of rotatable bonds is 27. The molecule has 0 bridgehead atoms. The third-order valence-corrected chi connectivity index (χ3v) is 13.6. The van der Waals surface area contributed by atoms with Gasteiger partial charge in [0.05, 0.1) is 11.2 Å². The molecule has 0 radical (unpaired) electrons. The predicted octanol–water partition coefficient (Wildman–Crippen LogP) is 3.89. The molecule has 20 heteroatoms. The zero-order chi connectivity index (χ0) is 51.9. The molecule has 0 spiro atoms. The Kier molecular flexibility index (Phi) is 22.0. The van der Waals surface area contributed by atoms with Crippen LogP contribution in [-0.4, -0.2) is 156 Å². The lowest BCUT2D eigenvalue weighted by molar-refractivity contribution is -0.149. The van der Waals surface area contributed by atoms with Crippen molar-refractivity contribution in [2.45, 2.75) is 124 Å². The number of anilines is 1. The van der Waals surface area contributed by atoms with Crippen molar-refractivity contribution >= 4 is 64.3 Å². The Labute approximate surface area is 411 Å². The van der Waals surface area contributed by atoms with E-state index in [0.717, 1.165) is 16.2 Å². The summed E-state index contributed by atoms with van der Waals surface area (Å²) in [5.41, 5.74) is -0.0996. The van der Waals surface area contributed by atoms with Crippen LogP contribution in [0.1, 0.15) is 115 Å². The number of likely N-dealkylation sites (N-methyl/N-ethyl adjacent to an activating group) is 3. The molecule has 382 valence electrons. The number of ether oxygens (including phenoxy) is 1. The molecule has 5 N–H and O–H groups in total. The average Bonchev–Trinajstić information content (AvgIpc) is 3.90. The van der Waals surface area contributed by atoms with Crippen LogP contribution in [0.4, 0.5) is 5.69 Å². The van der Waals surface area contributed by atoms with Crippen LogP contribution in [0, 0.1) is 17.8 Å². The van der Waals surface area contributed by atoms with Crippen LogP contribution in [0.25, 0.3) is 0 Å². The van der Waals surface area contributed by atoms with Gasteiger partial charge < -0.3 is 40.9 Å². The molecule has 0 aliphatic carbocycles. The number of nitrogens with zero attached hydrogens (tertiary/aromatic N) is 5. The predicted molar refractivity (Wildman–Crippen MR) is 264 cm³/mol. The number of imide groups is 1. The summed E-state index contributed by atoms with van der Waals surface area (Å²) in [6.45, 7) is 15.5. The summed E-state index contributed by atoms with van der Waals surface area (Å²) in [5.74, 6) is -4.31. The number of phenolic OH excluding ortho intramolecular Hbond substituents is 1. The Morgan fingerprint density at radius 1 is 0.942 bits per heavy atom. The first kappa shape index (κ1) is 57.6. The van der Waals surface area contributed by atoms with E-state index in [0.29, 0.717) is 30.1 Å². The van der Waals surface area contributed by atoms with Crippen LogP contribution in [0.15, 0.2) is 35.7 Å². The fourth-order valence-corrected chi connectivity index (χ4v) is 8.38. The number of esters is 1. The molecular weight excluding hydrogens is 907 g/mol. The summed E-state index contributed by atoms with van der Waals surface area (Å²) in [5, 5.41) is 24.2. The molecule has 2 aromatic rings. The lowest BCUT2D eigenvalue weighted by atomic mass is 9.92. The van der Waals surface area contributed by atoms with Crippen LogP contribution in [0.2, 0.25) is 0 Å². The van der Waals surface area contributed by atoms with Crippen molar-refractivity contribution in [1.82, 2.24) is 40.5 Å². The number of carbonyl (C=O) groups excluding carboxylic acids is 8. The smallest absolute Gasteiger partial charge is 0.303 e. The molecule has 2 heterocycles. The summed E-state index contributed by atoms with van der Waals surface area (Å²) < 4.78 is 5.83. The van der Waals surface area contributed by atoms with Crippen LogP contribution >= 0.6 is 11.3 Å². The molecule has 0 saturated heterocycles. The van der Waals surface area contributed by atoms with Crippen LogP contribution < -0.4 is 21.3 Å². The number of hydrogen-bond acceptors (Lipinski definition) is 14. The number of nitrogens with one attached hydrogen (secondary N) is 4. The van der Waals surface area contributed by atoms with Crippen molar-refractivity contribution in [3.8, 4) is 5.75 Å². The van der Waals surface area contributed by atoms with E-state index in [1.807, 2.05) is 46.7 Å². The van der Waals surface area contributed by atoms with E-state index in [4.69, 9.17) is 4.74 Å². The fourth-order valence-electron chi connectivity index (χ4n) is 7.54. The maximum absolute atomic E-state index is 14.3. The van der Waals surface area contributed by atoms with Gasteiger partial charge in [-0.25, -0.2) is 4.98 Å². The molecule has 6 atom stereocenters. The van der Waals surface area contributed by atoms with E-state index in [1.54, 1.807) is 69.2 Å². The van der Waals surface area contributed by atoms with Crippen molar-refractivity contribution in [2.75, 3.05) is 60.2 Å². The number of hydrogen-bond donors (Lipinski definition) is 5. The Bertz CT molecular complexity index is 2160. The Balaban J connectivity index is 1.87. The highest BCUT2D eigenvalue weighted by Crippen LogP contribution is 2.32. The first-order valence-corrected chi connectivity index (χ1v) is 24.4. The van der Waals surface area contributed by atoms with Crippen molar-refractivity contribution < 1.29 is 48.2 Å². The second kappa shape index (κ2) is 26.3. The van der Waals surface area contributed by atoms with Crippen LogP contribution in [-0.2, 0) is 44.7 Å². The van der Waals surface area contributed by atoms with E-state index in [9.17, 15) is 43.5 Å². The maximum Gasteiger partial charge on any atom is 0.303 e. The Morgan fingerprint density at radius 2 is 1.59 bits per heavy atom. The Hall–Kier alpha value is -5.73. The topological polar surface area (TPSA) is 240 Å². The maximum atomic E-state index is 14.3. The third-order valence-electron chi connectivity index (χ3n) is 12.6. The Morgan fingerprint density at radius 3 is 2.17 bits per heavy atom. The van der Waals surface area contributed by atoms with Gasteiger partial charge in [-0.05, 0) is 90.8 Å². The molecule has 7 amide bonds. The van der Waals surface area contributed by atoms with Crippen LogP contribution in [0.5, 0.6) is 5.75 Å². The number of aromatic hydroxyl groups is 1. The minimum absolute atomic E-state index is 0.0327. The number of aromatic nitrogens is 1. The SMILES string of the molecule is CC[C@H](C)[C@H](NC(=O)C(C)(C)N(C)C)C(=O)N(C)[C@H](C[C@@H](OC(C)=O)c1nc(C(=O)N[C@@H](Cc2ccc(O)c(NC(=O)CCCN3C(=O)C=CC3=O)c2)CC(C)C(=O)NCCN(C)C)cs1)C(C)C. The molecule has 1 aliphatic rings. The lowest BCUT2D eigenvalue weighted by Crippen LogP contribution is -2.60. The zero-order valence-electron chi connectivity index (χ0n) is 42.6. The third kappa shape index (κ3) is 17.0. The summed E-state index contributed by atoms with van der Waals surface area (Å²) in [7, 11) is 9.06. The molecule has 1 aromatic heterocycles. The molecular formula is C49H75N9O10S. The number of carbonyl (C=O) groups is 8. The molecule has 19 nitrogen and oxygen atoms in total. The van der Waals surface area contributed by atoms with Crippen molar-refractivity contribution in [2.24, 2.45) is 17.8 Å². The van der Waals surface area contributed by atoms with Gasteiger partial charge in [0, 0.05) is 82.0 Å². The molecule has 3 rings (SSSR count). The minimum Gasteiger partial charge on any atom is -0.506 e. The second-order valence-electron chi connectivity index (χ2n) is 19.2. The van der Waals surface area contributed by atoms with E-state index >= 15 is 0 Å². The number of phenols is 1. The van der Waals surface area contributed by atoms with Gasteiger partial charge >= 0.3 is 5.97 Å². The summed E-state index contributed by atoms with van der Waals surface area (Å²) in [6.07, 6.45) is 2.76. The second-order valence-corrected chi connectivity index (χ2v) is 20.1. The highest BCUT2D eigenvalue weighted by Gasteiger charge is 2.39. The minimum atomic E-state index is -0.935. The lowest BCUT2D eigenvalue weighted by Gasteiger charge is -2.38. The largest absolute Gasteiger partial charge is 0.506 e. The monoisotopic (exact) mass is 982 g/mol. The highest BCUT2D eigenvalue weighted by molar-refractivity contribution is 7.09. The average molecular weight is 982 g/mol. The van der Waals surface area contributed by atoms with E-state index in [1.165, 1.54) is 25.1 Å². The van der Waals surface area contributed by atoms with Crippen molar-refractivity contribution in [3.63, 3.8) is 0 Å². The quantitative estimate of drug-likeness (QED) is 0.0486. The molecule has 1 aliphatic heterocycles. The summed E-state index contributed by atoms with van der Waals surface area (Å²) >= 11 is 1.12. The van der Waals surface area contributed by atoms with Gasteiger partial charge in [0.1, 0.15) is 22.5 Å². The fraction of sp³-hybridized carbons (Fsp3) is 0.612. The number of thiazole rings is 1. The first-order valence-electron chi connectivity index (χ1n) is 23.5. The van der Waals surface area contributed by atoms with E-state index in [2.05, 4.69) is 26.3 Å². The summed E-state index contributed by atoms with van der Waals surface area (Å²) in [4.78, 5) is 115. The van der Waals surface area contributed by atoms with Gasteiger partial charge in [0.15, 0.2) is 6.10 Å². The molecule has 0 fully saturated rings. The van der Waals surface area contributed by atoms with Crippen molar-refractivity contribution in [3.05, 3.63) is 52.0 Å². The summed E-state index contributed by atoms with van der Waals surface area (Å²) in [6, 6.07) is 2.69. The first-order chi connectivity index (χ1) is 32.3. The molecule has 69 heavy (non-hydrogen) atoms. The molecule has 0 saturated carbocycles. The highest BCUT2D eigenvalue weighted by atomic mass is 32.1.